The van der Waals surface area contributed by atoms with Crippen LogP contribution in [0.1, 0.15) is 5.82 Å². The summed E-state index contributed by atoms with van der Waals surface area (Å²) in [6.07, 6.45) is 0. The molecular weight excluding hydrogens is 380 g/mol. The summed E-state index contributed by atoms with van der Waals surface area (Å²) < 4.78 is 5.59. The van der Waals surface area contributed by atoms with Crippen molar-refractivity contribution < 1.29 is 9.21 Å². The number of para-hydroxylation sites is 2. The van der Waals surface area contributed by atoms with E-state index in [1.165, 1.54) is 0 Å². The Labute approximate surface area is 164 Å². The minimum atomic E-state index is -0.342. The smallest absolute Gasteiger partial charge is 0.294 e. The summed E-state index contributed by atoms with van der Waals surface area (Å²) in [6.45, 7) is 0.403. The average molecular weight is 397 g/mol. The molecule has 2 aromatic carbocycles. The van der Waals surface area contributed by atoms with Gasteiger partial charge < -0.3 is 14.7 Å². The van der Waals surface area contributed by atoms with Crippen LogP contribution in [-0.2, 0) is 11.3 Å². The number of carbonyl (C=O) groups is 1. The SMILES string of the molecule is CN(CC(=O)Nc1ccccc1Cl)Cc1nc2c(oc3ccccc32)c(=O)[nH]1. The Bertz CT molecular complexity index is 1230. The third-order valence-corrected chi connectivity index (χ3v) is 4.59. The van der Waals surface area contributed by atoms with Gasteiger partial charge in [-0.15, -0.1) is 0 Å². The van der Waals surface area contributed by atoms with Crippen molar-refractivity contribution >= 4 is 45.3 Å². The van der Waals surface area contributed by atoms with E-state index in [4.69, 9.17) is 16.0 Å². The van der Waals surface area contributed by atoms with Crippen molar-refractivity contribution in [1.29, 1.82) is 0 Å². The fraction of sp³-hybridized carbons (Fsp3) is 0.150. The summed E-state index contributed by atoms with van der Waals surface area (Å²) in [5, 5.41) is 4.02. The molecule has 28 heavy (non-hydrogen) atoms. The van der Waals surface area contributed by atoms with Crippen LogP contribution in [0.4, 0.5) is 5.69 Å². The van der Waals surface area contributed by atoms with E-state index in [1.54, 1.807) is 42.3 Å². The van der Waals surface area contributed by atoms with Gasteiger partial charge in [0, 0.05) is 5.39 Å². The molecule has 142 valence electrons. The minimum Gasteiger partial charge on any atom is -0.449 e. The predicted molar refractivity (Wildman–Crippen MR) is 109 cm³/mol. The molecule has 0 fully saturated rings. The molecule has 1 amide bonds. The molecule has 0 saturated carbocycles. The van der Waals surface area contributed by atoms with E-state index in [0.29, 0.717) is 34.2 Å². The van der Waals surface area contributed by atoms with Crippen molar-refractivity contribution in [3.05, 3.63) is 69.7 Å². The minimum absolute atomic E-state index is 0.110. The molecule has 0 bridgehead atoms. The predicted octanol–water partition coefficient (Wildman–Crippen LogP) is 3.39. The Morgan fingerprint density at radius 3 is 2.79 bits per heavy atom. The highest BCUT2D eigenvalue weighted by Crippen LogP contribution is 2.24. The van der Waals surface area contributed by atoms with Gasteiger partial charge in [0.15, 0.2) is 0 Å². The number of carbonyl (C=O) groups excluding carboxylic acids is 1. The van der Waals surface area contributed by atoms with Gasteiger partial charge in [-0.25, -0.2) is 4.98 Å². The van der Waals surface area contributed by atoms with Gasteiger partial charge >= 0.3 is 0 Å². The number of amides is 1. The van der Waals surface area contributed by atoms with Gasteiger partial charge in [-0.3, -0.25) is 14.5 Å². The largest absolute Gasteiger partial charge is 0.449 e. The molecule has 0 spiro atoms. The Balaban J connectivity index is 1.51. The molecule has 2 aromatic heterocycles. The number of halogens is 1. The highest BCUT2D eigenvalue weighted by atomic mass is 35.5. The van der Waals surface area contributed by atoms with Gasteiger partial charge in [0.1, 0.15) is 16.9 Å². The molecule has 0 unspecified atom stereocenters. The Morgan fingerprint density at radius 2 is 1.96 bits per heavy atom. The Kier molecular flexibility index (Phi) is 4.85. The summed E-state index contributed by atoms with van der Waals surface area (Å²) in [7, 11) is 1.77. The van der Waals surface area contributed by atoms with E-state index in [0.717, 1.165) is 5.39 Å². The molecule has 8 heteroatoms. The molecule has 0 aliphatic heterocycles. The first-order valence-corrected chi connectivity index (χ1v) is 9.02. The second-order valence-corrected chi connectivity index (χ2v) is 6.90. The number of furan rings is 1. The number of likely N-dealkylation sites (N-methyl/N-ethyl adjacent to an activating group) is 1. The van der Waals surface area contributed by atoms with E-state index in [1.807, 2.05) is 18.2 Å². The van der Waals surface area contributed by atoms with Crippen molar-refractivity contribution in [2.45, 2.75) is 6.54 Å². The topological polar surface area (TPSA) is 91.2 Å². The van der Waals surface area contributed by atoms with E-state index >= 15 is 0 Å². The number of anilines is 1. The molecule has 0 radical (unpaired) electrons. The maximum absolute atomic E-state index is 12.3. The van der Waals surface area contributed by atoms with Crippen molar-refractivity contribution in [2.75, 3.05) is 18.9 Å². The van der Waals surface area contributed by atoms with Crippen LogP contribution < -0.4 is 10.9 Å². The Hall–Kier alpha value is -3.16. The van der Waals surface area contributed by atoms with Gasteiger partial charge in [0.05, 0.1) is 23.8 Å². The van der Waals surface area contributed by atoms with Gasteiger partial charge in [-0.05, 0) is 31.3 Å². The lowest BCUT2D eigenvalue weighted by atomic mass is 10.2. The summed E-state index contributed by atoms with van der Waals surface area (Å²) >= 11 is 6.06. The summed E-state index contributed by atoms with van der Waals surface area (Å²) in [4.78, 5) is 33.6. The van der Waals surface area contributed by atoms with Crippen LogP contribution >= 0.6 is 11.6 Å². The van der Waals surface area contributed by atoms with Crippen molar-refractivity contribution in [3.63, 3.8) is 0 Å². The number of hydrogen-bond donors (Lipinski definition) is 2. The number of benzene rings is 2. The third-order valence-electron chi connectivity index (χ3n) is 4.26. The lowest BCUT2D eigenvalue weighted by molar-refractivity contribution is -0.117. The maximum Gasteiger partial charge on any atom is 0.294 e. The monoisotopic (exact) mass is 396 g/mol. The normalized spacial score (nSPS) is 11.4. The molecule has 4 aromatic rings. The zero-order chi connectivity index (χ0) is 19.7. The van der Waals surface area contributed by atoms with E-state index < -0.39 is 0 Å². The summed E-state index contributed by atoms with van der Waals surface area (Å²) in [5.41, 5.74) is 1.54. The number of fused-ring (bicyclic) bond motifs is 3. The van der Waals surface area contributed by atoms with E-state index in [-0.39, 0.29) is 23.6 Å². The van der Waals surface area contributed by atoms with E-state index in [9.17, 15) is 9.59 Å². The number of H-pyrrole nitrogens is 1. The first-order valence-electron chi connectivity index (χ1n) is 8.64. The zero-order valence-electron chi connectivity index (χ0n) is 15.0. The van der Waals surface area contributed by atoms with Crippen molar-refractivity contribution in [2.24, 2.45) is 0 Å². The first-order chi connectivity index (χ1) is 13.5. The van der Waals surface area contributed by atoms with E-state index in [2.05, 4.69) is 15.3 Å². The molecule has 0 aliphatic carbocycles. The molecule has 2 N–H and O–H groups in total. The highest BCUT2D eigenvalue weighted by Gasteiger charge is 2.15. The van der Waals surface area contributed by atoms with Crippen LogP contribution in [0.2, 0.25) is 5.02 Å². The van der Waals surface area contributed by atoms with Crippen LogP contribution in [0.25, 0.3) is 22.1 Å². The number of rotatable bonds is 5. The van der Waals surface area contributed by atoms with Crippen LogP contribution in [0.5, 0.6) is 0 Å². The lowest BCUT2D eigenvalue weighted by Crippen LogP contribution is -2.31. The fourth-order valence-corrected chi connectivity index (χ4v) is 3.21. The summed E-state index contributed by atoms with van der Waals surface area (Å²) in [5.74, 6) is 0.241. The lowest BCUT2D eigenvalue weighted by Gasteiger charge is -2.16. The second-order valence-electron chi connectivity index (χ2n) is 6.49. The average Bonchev–Trinajstić information content (AvgIpc) is 3.03. The Morgan fingerprint density at radius 1 is 1.21 bits per heavy atom. The van der Waals surface area contributed by atoms with Gasteiger partial charge in [-0.2, -0.15) is 0 Å². The van der Waals surface area contributed by atoms with Crippen LogP contribution in [0, 0.1) is 0 Å². The molecule has 0 atom stereocenters. The quantitative estimate of drug-likeness (QED) is 0.539. The van der Waals surface area contributed by atoms with Crippen LogP contribution in [-0.4, -0.2) is 34.4 Å². The number of nitrogens with zero attached hydrogens (tertiary/aromatic N) is 2. The fourth-order valence-electron chi connectivity index (χ4n) is 3.03. The van der Waals surface area contributed by atoms with Crippen molar-refractivity contribution in [1.82, 2.24) is 14.9 Å². The van der Waals surface area contributed by atoms with Crippen molar-refractivity contribution in [3.8, 4) is 0 Å². The number of nitrogens with one attached hydrogen (secondary N) is 2. The van der Waals surface area contributed by atoms with Gasteiger partial charge in [-0.1, -0.05) is 35.9 Å². The van der Waals surface area contributed by atoms with Gasteiger partial charge in [0.25, 0.3) is 5.56 Å². The summed E-state index contributed by atoms with van der Waals surface area (Å²) in [6, 6.07) is 14.4. The number of aromatic amines is 1. The molecular formula is C20H17ClN4O3. The molecule has 4 rings (SSSR count). The first kappa shape index (κ1) is 18.2. The highest BCUT2D eigenvalue weighted by molar-refractivity contribution is 6.33. The standard InChI is InChI=1S/C20H17ClN4O3/c1-25(11-17(26)22-14-8-4-3-7-13(14)21)10-16-23-18-12-6-2-5-9-15(12)28-19(18)20(27)24-16/h2-9H,10-11H2,1H3,(H,22,26)(H,23,24,27). The molecule has 2 heterocycles. The van der Waals surface area contributed by atoms with Crippen LogP contribution in [0.15, 0.2) is 57.7 Å². The number of aromatic nitrogens is 2. The third kappa shape index (κ3) is 3.62. The zero-order valence-corrected chi connectivity index (χ0v) is 15.8. The molecule has 0 aliphatic rings. The van der Waals surface area contributed by atoms with Gasteiger partial charge in [0.2, 0.25) is 11.5 Å². The number of hydrogen-bond acceptors (Lipinski definition) is 5. The second kappa shape index (κ2) is 7.46. The molecule has 7 nitrogen and oxygen atoms in total. The molecule has 0 saturated heterocycles. The van der Waals surface area contributed by atoms with Crippen LogP contribution in [0.3, 0.4) is 0 Å². The maximum atomic E-state index is 12.3.